The molecule has 1 rings (SSSR count). The molecular formula is C15H29F3N4O3S2. The lowest BCUT2D eigenvalue weighted by atomic mass is 10.1. The predicted octanol–water partition coefficient (Wildman–Crippen LogP) is 1.40. The van der Waals surface area contributed by atoms with Crippen LogP contribution >= 0.6 is 0 Å². The summed E-state index contributed by atoms with van der Waals surface area (Å²) in [7, 11) is -6.30. The number of aliphatic imine (C=N–C) groups is 1. The number of sulfonamides is 1. The number of piperidine rings is 1. The monoisotopic (exact) mass is 434 g/mol. The van der Waals surface area contributed by atoms with E-state index in [1.165, 1.54) is 0 Å². The number of hydrogen-bond donors (Lipinski definition) is 2. The van der Waals surface area contributed by atoms with Crippen molar-refractivity contribution in [2.75, 3.05) is 31.9 Å². The van der Waals surface area contributed by atoms with Crippen molar-refractivity contribution in [2.45, 2.75) is 56.8 Å². The molecule has 1 aliphatic rings. The highest BCUT2D eigenvalue weighted by atomic mass is 32.2. The smallest absolute Gasteiger partial charge is 0.357 e. The maximum Gasteiger partial charge on any atom is 0.511 e. The van der Waals surface area contributed by atoms with Crippen molar-refractivity contribution in [3.8, 4) is 0 Å². The molecule has 1 aliphatic heterocycles. The summed E-state index contributed by atoms with van der Waals surface area (Å²) in [5, 5.41) is 6.15. The van der Waals surface area contributed by atoms with E-state index in [1.54, 1.807) is 0 Å². The largest absolute Gasteiger partial charge is 0.511 e. The molecular weight excluding hydrogens is 405 g/mol. The summed E-state index contributed by atoms with van der Waals surface area (Å²) in [5.74, 6) is 0.892. The van der Waals surface area contributed by atoms with Gasteiger partial charge in [-0.1, -0.05) is 0 Å². The third-order valence-corrected chi connectivity index (χ3v) is 7.55. The first-order chi connectivity index (χ1) is 12.3. The van der Waals surface area contributed by atoms with E-state index in [9.17, 15) is 25.8 Å². The number of guanidine groups is 1. The Balaban J connectivity index is 2.60. The fourth-order valence-electron chi connectivity index (χ4n) is 2.45. The second kappa shape index (κ2) is 9.55. The predicted molar refractivity (Wildman–Crippen MR) is 101 cm³/mol. The standard InChI is InChI=1S/C15H29F3N4O3S2/c1-5-19-13(20-8-11-26(23)14(2,3)4)21-12-6-9-22(10-7-12)27(24,25)15(16,17)18/h12H,5-11H2,1-4H3,(H2,19,20,21). The van der Waals surface area contributed by atoms with Crippen LogP contribution in [0.5, 0.6) is 0 Å². The molecule has 27 heavy (non-hydrogen) atoms. The van der Waals surface area contributed by atoms with Gasteiger partial charge in [-0.15, -0.1) is 0 Å². The summed E-state index contributed by atoms with van der Waals surface area (Å²) in [4.78, 5) is 4.36. The average Bonchev–Trinajstić information content (AvgIpc) is 2.53. The van der Waals surface area contributed by atoms with E-state index >= 15 is 0 Å². The summed E-state index contributed by atoms with van der Waals surface area (Å²) < 4.78 is 72.9. The zero-order chi connectivity index (χ0) is 20.9. The molecule has 0 amide bonds. The van der Waals surface area contributed by atoms with Gasteiger partial charge in [0.25, 0.3) is 0 Å². The molecule has 0 aromatic heterocycles. The van der Waals surface area contributed by atoms with Crippen LogP contribution in [0.2, 0.25) is 0 Å². The molecule has 1 saturated heterocycles. The molecule has 0 saturated carbocycles. The normalized spacial score (nSPS) is 19.7. The fourth-order valence-corrected chi connectivity index (χ4v) is 4.30. The van der Waals surface area contributed by atoms with E-state index in [-0.39, 0.29) is 36.7 Å². The molecule has 0 aromatic carbocycles. The first kappa shape index (κ1) is 24.2. The van der Waals surface area contributed by atoms with E-state index in [0.29, 0.717) is 29.1 Å². The Morgan fingerprint density at radius 1 is 1.22 bits per heavy atom. The quantitative estimate of drug-likeness (QED) is 0.487. The molecule has 0 aromatic rings. The minimum Gasteiger partial charge on any atom is -0.357 e. The Morgan fingerprint density at radius 3 is 2.22 bits per heavy atom. The van der Waals surface area contributed by atoms with Crippen LogP contribution in [-0.4, -0.2) is 71.1 Å². The molecule has 1 fully saturated rings. The second-order valence-corrected chi connectivity index (χ2v) is 11.4. The van der Waals surface area contributed by atoms with Crippen LogP contribution in [0.15, 0.2) is 4.99 Å². The molecule has 1 heterocycles. The lowest BCUT2D eigenvalue weighted by molar-refractivity contribution is -0.0494. The average molecular weight is 435 g/mol. The van der Waals surface area contributed by atoms with E-state index < -0.39 is 26.3 Å². The highest BCUT2D eigenvalue weighted by molar-refractivity contribution is 7.90. The Morgan fingerprint density at radius 2 is 1.78 bits per heavy atom. The van der Waals surface area contributed by atoms with E-state index in [4.69, 9.17) is 0 Å². The minimum atomic E-state index is -5.27. The van der Waals surface area contributed by atoms with Crippen LogP contribution in [0.25, 0.3) is 0 Å². The van der Waals surface area contributed by atoms with Gasteiger partial charge in [-0.25, -0.2) is 8.42 Å². The third-order valence-electron chi connectivity index (χ3n) is 4.00. The fraction of sp³-hybridized carbons (Fsp3) is 0.933. The number of nitrogens with one attached hydrogen (secondary N) is 2. The lowest BCUT2D eigenvalue weighted by Gasteiger charge is -2.32. The van der Waals surface area contributed by atoms with Gasteiger partial charge in [0.2, 0.25) is 0 Å². The van der Waals surface area contributed by atoms with Crippen molar-refractivity contribution < 1.29 is 25.8 Å². The molecule has 1 atom stereocenters. The van der Waals surface area contributed by atoms with Gasteiger partial charge in [0.1, 0.15) is 0 Å². The van der Waals surface area contributed by atoms with E-state index in [2.05, 4.69) is 15.6 Å². The molecule has 2 N–H and O–H groups in total. The van der Waals surface area contributed by atoms with Crippen LogP contribution in [-0.2, 0) is 20.8 Å². The number of nitrogens with zero attached hydrogens (tertiary/aromatic N) is 2. The Labute approximate surface area is 161 Å². The van der Waals surface area contributed by atoms with Crippen molar-refractivity contribution >= 4 is 26.8 Å². The van der Waals surface area contributed by atoms with Gasteiger partial charge in [0, 0.05) is 47.0 Å². The Kier molecular flexibility index (Phi) is 8.54. The molecule has 12 heteroatoms. The van der Waals surface area contributed by atoms with Crippen LogP contribution < -0.4 is 10.6 Å². The van der Waals surface area contributed by atoms with Crippen molar-refractivity contribution in [1.82, 2.24) is 14.9 Å². The summed E-state index contributed by atoms with van der Waals surface area (Å²) in [6.45, 7) is 8.08. The first-order valence-corrected chi connectivity index (χ1v) is 11.5. The topological polar surface area (TPSA) is 90.9 Å². The van der Waals surface area contributed by atoms with Gasteiger partial charge in [-0.2, -0.15) is 17.5 Å². The number of hydrogen-bond acceptors (Lipinski definition) is 4. The highest BCUT2D eigenvalue weighted by Crippen LogP contribution is 2.28. The van der Waals surface area contributed by atoms with Gasteiger partial charge in [-0.3, -0.25) is 9.20 Å². The summed E-state index contributed by atoms with van der Waals surface area (Å²) in [5.41, 5.74) is -5.27. The van der Waals surface area contributed by atoms with Crippen LogP contribution in [0.1, 0.15) is 40.5 Å². The van der Waals surface area contributed by atoms with E-state index in [0.717, 1.165) is 0 Å². The molecule has 7 nitrogen and oxygen atoms in total. The van der Waals surface area contributed by atoms with Crippen LogP contribution in [0.4, 0.5) is 13.2 Å². The summed E-state index contributed by atoms with van der Waals surface area (Å²) >= 11 is 0. The molecule has 0 bridgehead atoms. The van der Waals surface area contributed by atoms with Crippen molar-refractivity contribution in [3.05, 3.63) is 0 Å². The number of alkyl halides is 3. The summed E-state index contributed by atoms with van der Waals surface area (Å²) in [6.07, 6.45) is 0.487. The zero-order valence-electron chi connectivity index (χ0n) is 16.1. The van der Waals surface area contributed by atoms with Gasteiger partial charge >= 0.3 is 15.5 Å². The first-order valence-electron chi connectivity index (χ1n) is 8.78. The van der Waals surface area contributed by atoms with Gasteiger partial charge < -0.3 is 10.6 Å². The molecule has 0 spiro atoms. The van der Waals surface area contributed by atoms with Crippen LogP contribution in [0.3, 0.4) is 0 Å². The second-order valence-electron chi connectivity index (χ2n) is 7.19. The van der Waals surface area contributed by atoms with Crippen LogP contribution in [0, 0.1) is 0 Å². The molecule has 0 radical (unpaired) electrons. The van der Waals surface area contributed by atoms with Crippen molar-refractivity contribution in [2.24, 2.45) is 4.99 Å². The Bertz CT molecular complexity index is 638. The summed E-state index contributed by atoms with van der Waals surface area (Å²) in [6, 6.07) is -0.185. The lowest BCUT2D eigenvalue weighted by Crippen LogP contribution is -2.51. The zero-order valence-corrected chi connectivity index (χ0v) is 17.7. The maximum atomic E-state index is 12.6. The maximum absolute atomic E-state index is 12.6. The highest BCUT2D eigenvalue weighted by Gasteiger charge is 2.50. The minimum absolute atomic E-state index is 0.185. The molecule has 1 unspecified atom stereocenters. The van der Waals surface area contributed by atoms with E-state index in [1.807, 2.05) is 27.7 Å². The number of halogens is 3. The molecule has 0 aliphatic carbocycles. The number of rotatable bonds is 6. The van der Waals surface area contributed by atoms with Crippen molar-refractivity contribution in [1.29, 1.82) is 0 Å². The van der Waals surface area contributed by atoms with Crippen molar-refractivity contribution in [3.63, 3.8) is 0 Å². The molecule has 160 valence electrons. The SMILES string of the molecule is CCNC(=NCCS(=O)C(C)(C)C)NC1CCN(S(=O)(=O)C(F)(F)F)CC1. The Hall–Kier alpha value is -0.880. The van der Waals surface area contributed by atoms with Gasteiger partial charge in [0.05, 0.1) is 6.54 Å². The third kappa shape index (κ3) is 7.22. The van der Waals surface area contributed by atoms with Gasteiger partial charge in [0.15, 0.2) is 5.96 Å². The van der Waals surface area contributed by atoms with Gasteiger partial charge in [-0.05, 0) is 40.5 Å².